The smallest absolute Gasteiger partial charge is 0.269 e. The van der Waals surface area contributed by atoms with Crippen molar-refractivity contribution in [2.45, 2.75) is 24.4 Å². The van der Waals surface area contributed by atoms with Crippen molar-refractivity contribution in [1.82, 2.24) is 0 Å². The fourth-order valence-corrected chi connectivity index (χ4v) is 2.95. The zero-order valence-corrected chi connectivity index (χ0v) is 14.1. The molecule has 4 unspecified atom stereocenters. The first-order chi connectivity index (χ1) is 13.0. The minimum atomic E-state index is -0.453. The van der Waals surface area contributed by atoms with E-state index in [1.807, 2.05) is 0 Å². The summed E-state index contributed by atoms with van der Waals surface area (Å²) in [4.78, 5) is 20.8. The van der Waals surface area contributed by atoms with Gasteiger partial charge < -0.3 is 14.2 Å². The van der Waals surface area contributed by atoms with Gasteiger partial charge in [0.25, 0.3) is 11.4 Å². The van der Waals surface area contributed by atoms with Crippen LogP contribution in [0.15, 0.2) is 48.5 Å². The molecule has 2 fully saturated rings. The van der Waals surface area contributed by atoms with Crippen LogP contribution in [-0.4, -0.2) is 35.3 Å². The number of benzene rings is 2. The van der Waals surface area contributed by atoms with E-state index in [0.29, 0.717) is 13.2 Å². The van der Waals surface area contributed by atoms with Gasteiger partial charge in [0.05, 0.1) is 23.1 Å². The Hall–Kier alpha value is -2.88. The molecule has 9 heteroatoms. The summed E-state index contributed by atoms with van der Waals surface area (Å²) in [5, 5.41) is 21.7. The molecule has 0 amide bonds. The number of hydrogen-bond donors (Lipinski definition) is 0. The molecule has 4 atom stereocenters. The molecule has 0 saturated carbocycles. The van der Waals surface area contributed by atoms with Crippen molar-refractivity contribution >= 4 is 11.4 Å². The zero-order valence-electron chi connectivity index (χ0n) is 14.1. The molecule has 140 valence electrons. The lowest BCUT2D eigenvalue weighted by Gasteiger charge is -2.23. The molecule has 0 N–H and O–H groups in total. The van der Waals surface area contributed by atoms with Crippen LogP contribution in [0.3, 0.4) is 0 Å². The van der Waals surface area contributed by atoms with Crippen LogP contribution in [0.2, 0.25) is 0 Å². The molecule has 2 aliphatic heterocycles. The van der Waals surface area contributed by atoms with Crippen LogP contribution in [-0.2, 0) is 14.2 Å². The molecule has 9 nitrogen and oxygen atoms in total. The second-order valence-corrected chi connectivity index (χ2v) is 6.42. The van der Waals surface area contributed by atoms with Crippen molar-refractivity contribution in [1.29, 1.82) is 0 Å². The van der Waals surface area contributed by atoms with E-state index in [1.165, 1.54) is 24.3 Å². The van der Waals surface area contributed by atoms with Crippen LogP contribution >= 0.6 is 0 Å². The molecule has 2 saturated heterocycles. The van der Waals surface area contributed by atoms with Gasteiger partial charge in [-0.05, 0) is 35.4 Å². The summed E-state index contributed by atoms with van der Waals surface area (Å²) in [6.45, 7) is 1.08. The summed E-state index contributed by atoms with van der Waals surface area (Å²) in [5.41, 5.74) is 1.56. The number of epoxide rings is 2. The van der Waals surface area contributed by atoms with Gasteiger partial charge >= 0.3 is 0 Å². The maximum absolute atomic E-state index is 10.8. The van der Waals surface area contributed by atoms with E-state index >= 15 is 0 Å². The fraction of sp³-hybridized carbons (Fsp3) is 0.333. The Bertz CT molecular complexity index is 774. The van der Waals surface area contributed by atoms with E-state index in [-0.39, 0.29) is 23.6 Å². The first kappa shape index (κ1) is 17.5. The number of rotatable bonds is 8. The van der Waals surface area contributed by atoms with Crippen LogP contribution in [0.1, 0.15) is 23.3 Å². The highest BCUT2D eigenvalue weighted by Crippen LogP contribution is 2.40. The monoisotopic (exact) mass is 372 g/mol. The molecule has 2 heterocycles. The first-order valence-corrected chi connectivity index (χ1v) is 8.40. The summed E-state index contributed by atoms with van der Waals surface area (Å²) < 4.78 is 17.1. The predicted molar refractivity (Wildman–Crippen MR) is 92.2 cm³/mol. The highest BCUT2D eigenvalue weighted by Gasteiger charge is 2.42. The molecule has 2 aromatic carbocycles. The van der Waals surface area contributed by atoms with Gasteiger partial charge in [-0.3, -0.25) is 20.2 Å². The third-order valence-electron chi connectivity index (χ3n) is 4.55. The summed E-state index contributed by atoms with van der Waals surface area (Å²) in [6.07, 6.45) is -1.08. The number of nitro benzene ring substituents is 2. The summed E-state index contributed by atoms with van der Waals surface area (Å²) >= 11 is 0. The molecule has 0 bridgehead atoms. The predicted octanol–water partition coefficient (Wildman–Crippen LogP) is 3.10. The number of nitro groups is 2. The van der Waals surface area contributed by atoms with Crippen molar-refractivity contribution in [3.8, 4) is 0 Å². The van der Waals surface area contributed by atoms with Gasteiger partial charge in [0, 0.05) is 24.3 Å². The molecule has 0 radical (unpaired) electrons. The van der Waals surface area contributed by atoms with Crippen LogP contribution in [0.25, 0.3) is 0 Å². The van der Waals surface area contributed by atoms with Crippen molar-refractivity contribution in [3.05, 3.63) is 79.9 Å². The number of nitrogens with zero attached hydrogens (tertiary/aromatic N) is 2. The second kappa shape index (κ2) is 7.03. The SMILES string of the molecule is O=[N+]([O-])c1ccc(C(OC(c2ccc([N+](=O)[O-])cc2)C2CO2)C2CO2)cc1. The van der Waals surface area contributed by atoms with Crippen molar-refractivity contribution in [2.75, 3.05) is 13.2 Å². The lowest BCUT2D eigenvalue weighted by atomic mass is 10.0. The van der Waals surface area contributed by atoms with Gasteiger partial charge in [-0.25, -0.2) is 0 Å². The third-order valence-corrected chi connectivity index (χ3v) is 4.55. The van der Waals surface area contributed by atoms with Crippen LogP contribution < -0.4 is 0 Å². The summed E-state index contributed by atoms with van der Waals surface area (Å²) in [7, 11) is 0. The van der Waals surface area contributed by atoms with Gasteiger partial charge in [0.1, 0.15) is 24.4 Å². The van der Waals surface area contributed by atoms with Crippen LogP contribution in [0.4, 0.5) is 11.4 Å². The minimum Gasteiger partial charge on any atom is -0.370 e. The molecule has 0 aliphatic carbocycles. The highest BCUT2D eigenvalue weighted by atomic mass is 16.6. The lowest BCUT2D eigenvalue weighted by molar-refractivity contribution is -0.385. The molecule has 0 spiro atoms. The van der Waals surface area contributed by atoms with Crippen molar-refractivity contribution in [2.24, 2.45) is 0 Å². The lowest BCUT2D eigenvalue weighted by Crippen LogP contribution is -2.19. The average Bonchev–Trinajstić information content (AvgIpc) is 3.55. The normalized spacial score (nSPS) is 22.7. The quantitative estimate of drug-likeness (QED) is 0.396. The fourth-order valence-electron chi connectivity index (χ4n) is 2.95. The van der Waals surface area contributed by atoms with E-state index in [2.05, 4.69) is 0 Å². The molecular weight excluding hydrogens is 356 g/mol. The van der Waals surface area contributed by atoms with Gasteiger partial charge in [-0.1, -0.05) is 0 Å². The average molecular weight is 372 g/mol. The van der Waals surface area contributed by atoms with Gasteiger partial charge in [-0.2, -0.15) is 0 Å². The van der Waals surface area contributed by atoms with Gasteiger partial charge in [-0.15, -0.1) is 0 Å². The molecule has 27 heavy (non-hydrogen) atoms. The van der Waals surface area contributed by atoms with Crippen LogP contribution in [0, 0.1) is 20.2 Å². The highest BCUT2D eigenvalue weighted by molar-refractivity contribution is 5.36. The molecule has 2 aliphatic rings. The summed E-state index contributed by atoms with van der Waals surface area (Å²) in [6, 6.07) is 12.4. The minimum absolute atomic E-state index is 0.00617. The Morgan fingerprint density at radius 1 is 0.778 bits per heavy atom. The Balaban J connectivity index is 1.57. The maximum atomic E-state index is 10.8. The largest absolute Gasteiger partial charge is 0.370 e. The Labute approximate surface area is 153 Å². The van der Waals surface area contributed by atoms with Gasteiger partial charge in [0.2, 0.25) is 0 Å². The topological polar surface area (TPSA) is 121 Å². The summed E-state index contributed by atoms with van der Waals surface area (Å²) in [5.74, 6) is 0. The van der Waals surface area contributed by atoms with E-state index in [0.717, 1.165) is 11.1 Å². The Morgan fingerprint density at radius 3 is 1.37 bits per heavy atom. The van der Waals surface area contributed by atoms with Crippen LogP contribution in [0.5, 0.6) is 0 Å². The second-order valence-electron chi connectivity index (χ2n) is 6.42. The number of non-ortho nitro benzene ring substituents is 2. The Morgan fingerprint density at radius 2 is 1.11 bits per heavy atom. The van der Waals surface area contributed by atoms with Crippen molar-refractivity contribution in [3.63, 3.8) is 0 Å². The Kier molecular flexibility index (Phi) is 4.56. The molecule has 4 rings (SSSR count). The van der Waals surface area contributed by atoms with E-state index < -0.39 is 22.1 Å². The standard InChI is InChI=1S/C18H16N2O7/c21-19(22)13-5-1-11(2-6-13)17(15-9-25-15)27-18(16-10-26-16)12-3-7-14(8-4-12)20(23)24/h1-8,15-18H,9-10H2. The maximum Gasteiger partial charge on any atom is 0.269 e. The molecular formula is C18H16N2O7. The van der Waals surface area contributed by atoms with Gasteiger partial charge in [0.15, 0.2) is 0 Å². The molecule has 2 aromatic rings. The first-order valence-electron chi connectivity index (χ1n) is 8.40. The zero-order chi connectivity index (χ0) is 19.0. The molecule has 0 aromatic heterocycles. The number of hydrogen-bond acceptors (Lipinski definition) is 7. The van der Waals surface area contributed by atoms with Crippen molar-refractivity contribution < 1.29 is 24.1 Å². The van der Waals surface area contributed by atoms with E-state index in [1.54, 1.807) is 24.3 Å². The van der Waals surface area contributed by atoms with E-state index in [9.17, 15) is 20.2 Å². The van der Waals surface area contributed by atoms with E-state index in [4.69, 9.17) is 14.2 Å². The third kappa shape index (κ3) is 3.95. The number of ether oxygens (including phenoxy) is 3.